The second-order valence-corrected chi connectivity index (χ2v) is 8.58. The number of nitrogens with zero attached hydrogens (tertiary/aromatic N) is 2. The van der Waals surface area contributed by atoms with Crippen LogP contribution in [0.4, 0.5) is 5.82 Å². The number of carbonyl (C=O) groups is 3. The molecule has 0 saturated carbocycles. The second kappa shape index (κ2) is 13.1. The molecule has 0 aliphatic heterocycles. The summed E-state index contributed by atoms with van der Waals surface area (Å²) < 4.78 is 32.0. The van der Waals surface area contributed by atoms with Crippen LogP contribution < -0.4 is 21.6 Å². The number of hydrogen-bond donors (Lipinski definition) is 5. The molecule has 0 aliphatic rings. The van der Waals surface area contributed by atoms with E-state index in [9.17, 15) is 27.4 Å². The van der Waals surface area contributed by atoms with Gasteiger partial charge in [-0.25, -0.2) is 4.98 Å². The predicted molar refractivity (Wildman–Crippen MR) is 122 cm³/mol. The van der Waals surface area contributed by atoms with Gasteiger partial charge in [-0.2, -0.15) is 13.8 Å². The van der Waals surface area contributed by atoms with E-state index in [1.807, 2.05) is 0 Å². The third kappa shape index (κ3) is 9.44. The molecule has 0 atom stereocenters. The number of benzene rings is 1. The molecule has 12 nitrogen and oxygen atoms in total. The second-order valence-electron chi connectivity index (χ2n) is 7.19. The summed E-state index contributed by atoms with van der Waals surface area (Å²) in [6.45, 7) is 1.74. The van der Waals surface area contributed by atoms with E-state index in [0.29, 0.717) is 30.8 Å². The van der Waals surface area contributed by atoms with Crippen molar-refractivity contribution in [1.29, 1.82) is 0 Å². The van der Waals surface area contributed by atoms with Gasteiger partial charge in [0.15, 0.2) is 0 Å². The van der Waals surface area contributed by atoms with E-state index >= 15 is 0 Å². The number of hydrogen-bond acceptors (Lipinski definition) is 7. The van der Waals surface area contributed by atoms with Gasteiger partial charge < -0.3 is 5.32 Å². The van der Waals surface area contributed by atoms with Gasteiger partial charge in [-0.3, -0.25) is 29.8 Å². The van der Waals surface area contributed by atoms with E-state index in [1.165, 1.54) is 43.0 Å². The summed E-state index contributed by atoms with van der Waals surface area (Å²) in [6.07, 6.45) is 5.02. The molecule has 0 saturated heterocycles. The maximum Gasteiger partial charge on any atom is 0.295 e. The molecule has 1 aromatic carbocycles. The first kappa shape index (κ1) is 26.6. The smallest absolute Gasteiger partial charge is 0.295 e. The van der Waals surface area contributed by atoms with Gasteiger partial charge in [-0.15, -0.1) is 0 Å². The average Bonchev–Trinajstić information content (AvgIpc) is 2.80. The minimum absolute atomic E-state index is 0.227. The van der Waals surface area contributed by atoms with E-state index in [-0.39, 0.29) is 34.6 Å². The molecule has 1 aromatic heterocycles. The van der Waals surface area contributed by atoms with Crippen LogP contribution in [0.3, 0.4) is 0 Å². The van der Waals surface area contributed by atoms with E-state index in [1.54, 1.807) is 18.2 Å². The molecule has 1 heterocycles. The number of hydrazine groups is 1. The average molecular weight is 492 g/mol. The lowest BCUT2D eigenvalue weighted by atomic mass is 10.2. The highest BCUT2D eigenvalue weighted by molar-refractivity contribution is 7.86. The Morgan fingerprint density at radius 3 is 2.53 bits per heavy atom. The van der Waals surface area contributed by atoms with Gasteiger partial charge in [0, 0.05) is 37.7 Å². The van der Waals surface area contributed by atoms with Gasteiger partial charge in [0.25, 0.3) is 21.8 Å². The Bertz CT molecular complexity index is 1130. The van der Waals surface area contributed by atoms with Crippen molar-refractivity contribution in [3.05, 3.63) is 53.7 Å². The zero-order valence-corrected chi connectivity index (χ0v) is 19.3. The van der Waals surface area contributed by atoms with Gasteiger partial charge in [-0.05, 0) is 25.0 Å². The monoisotopic (exact) mass is 491 g/mol. The van der Waals surface area contributed by atoms with Gasteiger partial charge in [0.05, 0.1) is 11.8 Å². The Hall–Kier alpha value is -3.68. The summed E-state index contributed by atoms with van der Waals surface area (Å²) in [4.78, 5) is 38.2. The summed E-state index contributed by atoms with van der Waals surface area (Å²) in [7, 11) is -4.36. The number of rotatable bonds is 11. The third-order valence-electron chi connectivity index (χ3n) is 4.41. The van der Waals surface area contributed by atoms with Crippen LogP contribution in [-0.4, -0.2) is 48.4 Å². The van der Waals surface area contributed by atoms with Crippen LogP contribution in [0.15, 0.2) is 52.6 Å². The predicted octanol–water partition coefficient (Wildman–Crippen LogP) is 0.0148. The molecular weight excluding hydrogens is 464 g/mol. The summed E-state index contributed by atoms with van der Waals surface area (Å²) in [5, 5.41) is 6.81. The lowest BCUT2D eigenvalue weighted by Gasteiger charge is -2.06. The number of nitrogens with two attached hydrogens (primary N) is 1. The Morgan fingerprint density at radius 2 is 1.85 bits per heavy atom. The van der Waals surface area contributed by atoms with Crippen molar-refractivity contribution in [2.75, 3.05) is 6.54 Å². The molecule has 0 spiro atoms. The molecule has 182 valence electrons. The summed E-state index contributed by atoms with van der Waals surface area (Å²) in [5.74, 6) is -0.442. The van der Waals surface area contributed by atoms with Crippen molar-refractivity contribution < 1.29 is 32.8 Å². The molecule has 0 radical (unpaired) electrons. The van der Waals surface area contributed by atoms with Crippen LogP contribution >= 0.6 is 0 Å². The van der Waals surface area contributed by atoms with Crippen molar-refractivity contribution >= 4 is 39.9 Å². The van der Waals surface area contributed by atoms with Crippen LogP contribution in [0.1, 0.15) is 48.5 Å². The molecule has 6 N–H and O–H groups in total. The highest BCUT2D eigenvalue weighted by atomic mass is 32.2. The highest BCUT2D eigenvalue weighted by Gasteiger charge is 2.13. The van der Waals surface area contributed by atoms with Crippen LogP contribution in [-0.2, 0) is 19.7 Å². The summed E-state index contributed by atoms with van der Waals surface area (Å²) in [6, 6.07) is 9.06. The third-order valence-corrected chi connectivity index (χ3v) is 5.34. The maximum absolute atomic E-state index is 12.2. The molecule has 13 heteroatoms. The van der Waals surface area contributed by atoms with Crippen LogP contribution in [0.5, 0.6) is 0 Å². The van der Waals surface area contributed by atoms with E-state index < -0.39 is 10.1 Å². The molecule has 0 unspecified atom stereocenters. The number of quaternary nitrogens is 1. The van der Waals surface area contributed by atoms with Crippen molar-refractivity contribution in [2.45, 2.75) is 37.5 Å². The lowest BCUT2D eigenvalue weighted by Crippen LogP contribution is -2.71. The molecule has 0 aliphatic carbocycles. The molecule has 34 heavy (non-hydrogen) atoms. The first-order valence-corrected chi connectivity index (χ1v) is 11.8. The minimum Gasteiger partial charge on any atom is -0.352 e. The van der Waals surface area contributed by atoms with Gasteiger partial charge in [0.1, 0.15) is 4.90 Å². The van der Waals surface area contributed by atoms with Crippen molar-refractivity contribution in [3.8, 4) is 0 Å². The number of nitrogens with one attached hydrogen (secondary N) is 3. The molecule has 0 fully saturated rings. The molecule has 2 rings (SSSR count). The Balaban J connectivity index is 1.73. The van der Waals surface area contributed by atoms with Crippen LogP contribution in [0.25, 0.3) is 0 Å². The van der Waals surface area contributed by atoms with E-state index in [0.717, 1.165) is 6.42 Å². The molecule has 0 bridgehead atoms. The summed E-state index contributed by atoms with van der Waals surface area (Å²) >= 11 is 0. The van der Waals surface area contributed by atoms with Gasteiger partial charge in [0.2, 0.25) is 11.8 Å². The first-order chi connectivity index (χ1) is 16.2. The zero-order valence-electron chi connectivity index (χ0n) is 18.5. The fraction of sp³-hybridized carbons (Fsp3) is 0.286. The maximum atomic E-state index is 12.2. The van der Waals surface area contributed by atoms with Gasteiger partial charge in [-0.1, -0.05) is 29.7 Å². The topological polar surface area (TPSA) is 184 Å². The number of pyridine rings is 1. The van der Waals surface area contributed by atoms with E-state index in [4.69, 9.17) is 0 Å². The zero-order chi connectivity index (χ0) is 25.0. The van der Waals surface area contributed by atoms with Gasteiger partial charge >= 0.3 is 0 Å². The highest BCUT2D eigenvalue weighted by Crippen LogP contribution is 2.12. The SMILES string of the molecule is CC(=O)NNC(=O)CCCCCNC(=O)c1ccc([NH2+]/N=C/c2ccccc2S(=O)(=O)O)nc1. The lowest BCUT2D eigenvalue weighted by molar-refractivity contribution is -0.580. The largest absolute Gasteiger partial charge is 0.352 e. The normalized spacial score (nSPS) is 11.2. The Kier molecular flexibility index (Phi) is 10.3. The Morgan fingerprint density at radius 1 is 1.09 bits per heavy atom. The van der Waals surface area contributed by atoms with Crippen LogP contribution in [0.2, 0.25) is 0 Å². The van der Waals surface area contributed by atoms with Crippen molar-refractivity contribution in [2.24, 2.45) is 5.10 Å². The molecular formula is C21H27N6O6S+. The number of aromatic nitrogens is 1. The molecule has 3 amide bonds. The fourth-order valence-corrected chi connectivity index (χ4v) is 3.41. The summed E-state index contributed by atoms with van der Waals surface area (Å²) in [5.41, 5.74) is 6.49. The number of unbranched alkanes of at least 4 members (excludes halogenated alkanes) is 2. The fourth-order valence-electron chi connectivity index (χ4n) is 2.74. The van der Waals surface area contributed by atoms with Crippen molar-refractivity contribution in [1.82, 2.24) is 21.2 Å². The van der Waals surface area contributed by atoms with Crippen molar-refractivity contribution in [3.63, 3.8) is 0 Å². The standard InChI is InChI=1S/C21H26N6O6S/c1-15(28)25-27-20(29)9-3-2-6-12-22-21(30)17-10-11-19(23-13-17)26-24-14-16-7-4-5-8-18(16)34(31,32)33/h4-5,7-8,10-11,13-14H,2-3,6,9,12H2,1H3,(H,22,30)(H,23,26)(H,25,28)(H,27,29)(H,31,32,33)/p+1/b24-14+. The quantitative estimate of drug-likeness (QED) is 0.0964. The number of amides is 3. The minimum atomic E-state index is -4.36. The van der Waals surface area contributed by atoms with E-state index in [2.05, 4.69) is 26.3 Å². The molecule has 2 aromatic rings. The van der Waals surface area contributed by atoms with Crippen LogP contribution in [0, 0.1) is 0 Å². The Labute approximate surface area is 197 Å². The first-order valence-electron chi connectivity index (χ1n) is 10.4. The number of carbonyl (C=O) groups excluding carboxylic acids is 3.